The van der Waals surface area contributed by atoms with Crippen molar-refractivity contribution in [1.82, 2.24) is 9.97 Å². The largest absolute Gasteiger partial charge is 0.338 e. The fraction of sp³-hybridized carbons (Fsp3) is 0. The second kappa shape index (κ2) is 3.95. The molecule has 0 saturated carbocycles. The van der Waals surface area contributed by atoms with Crippen LogP contribution < -0.4 is 0 Å². The van der Waals surface area contributed by atoms with Gasteiger partial charge in [-0.25, -0.2) is 4.98 Å². The van der Waals surface area contributed by atoms with Gasteiger partial charge < -0.3 is 4.98 Å². The highest BCUT2D eigenvalue weighted by molar-refractivity contribution is 5.87. The van der Waals surface area contributed by atoms with Crippen LogP contribution in [0.2, 0.25) is 0 Å². The van der Waals surface area contributed by atoms with Crippen LogP contribution in [0, 0.1) is 0 Å². The molecule has 1 aromatic heterocycles. The van der Waals surface area contributed by atoms with Gasteiger partial charge in [-0.15, -0.1) is 0 Å². The van der Waals surface area contributed by atoms with E-state index in [1.165, 1.54) is 10.8 Å². The molecule has 0 fully saturated rings. The molecule has 2 heteroatoms. The van der Waals surface area contributed by atoms with Gasteiger partial charge in [-0.2, -0.15) is 0 Å². The van der Waals surface area contributed by atoms with Crippen LogP contribution in [0.1, 0.15) is 0 Å². The van der Waals surface area contributed by atoms with Crippen molar-refractivity contribution in [2.45, 2.75) is 0 Å². The summed E-state index contributed by atoms with van der Waals surface area (Å²) < 4.78 is 0. The molecule has 0 aliphatic heterocycles. The molecule has 0 bridgehead atoms. The molecule has 0 atom stereocenters. The Balaban J connectivity index is 1.93. The van der Waals surface area contributed by atoms with Crippen LogP contribution >= 0.6 is 0 Å². The first kappa shape index (κ1) is 10.3. The second-order valence-corrected chi connectivity index (χ2v) is 4.66. The van der Waals surface area contributed by atoms with Crippen molar-refractivity contribution in [3.8, 4) is 11.4 Å². The SMILES string of the molecule is c1ccc2cc(-c3nc4ccccc4[nH]3)ccc2c1. The van der Waals surface area contributed by atoms with Crippen molar-refractivity contribution in [3.05, 3.63) is 66.7 Å². The van der Waals surface area contributed by atoms with E-state index in [1.54, 1.807) is 0 Å². The number of para-hydroxylation sites is 2. The van der Waals surface area contributed by atoms with E-state index >= 15 is 0 Å². The standard InChI is InChI=1S/C17H12N2/c1-2-6-13-11-14(10-9-12(13)5-1)17-18-15-7-3-4-8-16(15)19-17/h1-11H,(H,18,19). The van der Waals surface area contributed by atoms with Crippen LogP contribution in [0.25, 0.3) is 33.2 Å². The Labute approximate surface area is 110 Å². The summed E-state index contributed by atoms with van der Waals surface area (Å²) in [4.78, 5) is 8.00. The van der Waals surface area contributed by atoms with Gasteiger partial charge in [-0.3, -0.25) is 0 Å². The summed E-state index contributed by atoms with van der Waals surface area (Å²) in [5.41, 5.74) is 3.20. The lowest BCUT2D eigenvalue weighted by molar-refractivity contribution is 1.34. The summed E-state index contributed by atoms with van der Waals surface area (Å²) in [6.45, 7) is 0. The van der Waals surface area contributed by atoms with Crippen LogP contribution in [0.15, 0.2) is 66.7 Å². The van der Waals surface area contributed by atoms with Gasteiger partial charge in [-0.05, 0) is 29.0 Å². The number of fused-ring (bicyclic) bond motifs is 2. The van der Waals surface area contributed by atoms with Gasteiger partial charge in [0.05, 0.1) is 11.0 Å². The van der Waals surface area contributed by atoms with E-state index in [0.717, 1.165) is 22.4 Å². The fourth-order valence-corrected chi connectivity index (χ4v) is 2.43. The van der Waals surface area contributed by atoms with E-state index in [4.69, 9.17) is 0 Å². The lowest BCUT2D eigenvalue weighted by atomic mass is 10.1. The third kappa shape index (κ3) is 1.69. The van der Waals surface area contributed by atoms with Crippen molar-refractivity contribution in [3.63, 3.8) is 0 Å². The molecule has 0 spiro atoms. The lowest BCUT2D eigenvalue weighted by Crippen LogP contribution is -1.80. The molecule has 90 valence electrons. The van der Waals surface area contributed by atoms with Gasteiger partial charge in [-0.1, -0.05) is 48.5 Å². The molecule has 4 aromatic rings. The molecule has 0 amide bonds. The number of hydrogen-bond acceptors (Lipinski definition) is 1. The number of aromatic amines is 1. The Morgan fingerprint density at radius 2 is 1.53 bits per heavy atom. The van der Waals surface area contributed by atoms with Gasteiger partial charge in [0.25, 0.3) is 0 Å². The third-order valence-electron chi connectivity index (χ3n) is 3.41. The first-order valence-electron chi connectivity index (χ1n) is 6.34. The zero-order valence-electron chi connectivity index (χ0n) is 10.3. The number of nitrogens with one attached hydrogen (secondary N) is 1. The van der Waals surface area contributed by atoms with Gasteiger partial charge in [0, 0.05) is 5.56 Å². The average molecular weight is 244 g/mol. The summed E-state index contributed by atoms with van der Waals surface area (Å²) in [6, 6.07) is 22.9. The predicted octanol–water partition coefficient (Wildman–Crippen LogP) is 4.38. The van der Waals surface area contributed by atoms with E-state index in [-0.39, 0.29) is 0 Å². The highest BCUT2D eigenvalue weighted by atomic mass is 14.9. The minimum Gasteiger partial charge on any atom is -0.338 e. The van der Waals surface area contributed by atoms with Crippen LogP contribution in [0.3, 0.4) is 0 Å². The van der Waals surface area contributed by atoms with Crippen molar-refractivity contribution in [2.75, 3.05) is 0 Å². The molecule has 0 aliphatic rings. The monoisotopic (exact) mass is 244 g/mol. The molecule has 0 saturated heterocycles. The number of hydrogen-bond donors (Lipinski definition) is 1. The Morgan fingerprint density at radius 1 is 0.737 bits per heavy atom. The molecule has 2 nitrogen and oxygen atoms in total. The molecule has 19 heavy (non-hydrogen) atoms. The van der Waals surface area contributed by atoms with Gasteiger partial charge in [0.1, 0.15) is 5.82 Å². The summed E-state index contributed by atoms with van der Waals surface area (Å²) in [6.07, 6.45) is 0. The Kier molecular flexibility index (Phi) is 2.15. The first-order chi connectivity index (χ1) is 9.40. The Morgan fingerprint density at radius 3 is 2.42 bits per heavy atom. The van der Waals surface area contributed by atoms with Gasteiger partial charge in [0.2, 0.25) is 0 Å². The normalized spacial score (nSPS) is 11.2. The molecule has 1 N–H and O–H groups in total. The minimum absolute atomic E-state index is 0.923. The second-order valence-electron chi connectivity index (χ2n) is 4.66. The van der Waals surface area contributed by atoms with Crippen LogP contribution in [0.5, 0.6) is 0 Å². The van der Waals surface area contributed by atoms with E-state index in [0.29, 0.717) is 0 Å². The van der Waals surface area contributed by atoms with Crippen molar-refractivity contribution in [1.29, 1.82) is 0 Å². The summed E-state index contributed by atoms with van der Waals surface area (Å²) in [5, 5.41) is 2.49. The molecular formula is C17H12N2. The predicted molar refractivity (Wildman–Crippen MR) is 79.0 cm³/mol. The van der Waals surface area contributed by atoms with Gasteiger partial charge in [0.15, 0.2) is 0 Å². The zero-order valence-corrected chi connectivity index (χ0v) is 10.3. The van der Waals surface area contributed by atoms with Crippen molar-refractivity contribution in [2.24, 2.45) is 0 Å². The maximum atomic E-state index is 4.63. The van der Waals surface area contributed by atoms with Crippen molar-refractivity contribution >= 4 is 21.8 Å². The number of aromatic nitrogens is 2. The highest BCUT2D eigenvalue weighted by Crippen LogP contribution is 2.24. The molecule has 0 radical (unpaired) electrons. The van der Waals surface area contributed by atoms with Crippen molar-refractivity contribution < 1.29 is 0 Å². The molecule has 0 aliphatic carbocycles. The molecule has 1 heterocycles. The lowest BCUT2D eigenvalue weighted by Gasteiger charge is -2.00. The van der Waals surface area contributed by atoms with E-state index in [2.05, 4.69) is 52.4 Å². The van der Waals surface area contributed by atoms with E-state index in [1.807, 2.05) is 24.3 Å². The average Bonchev–Trinajstić information content (AvgIpc) is 2.90. The Bertz CT molecular complexity index is 841. The number of H-pyrrole nitrogens is 1. The first-order valence-corrected chi connectivity index (χ1v) is 6.34. The number of imidazole rings is 1. The van der Waals surface area contributed by atoms with Crippen LogP contribution in [0.4, 0.5) is 0 Å². The summed E-state index contributed by atoms with van der Waals surface area (Å²) >= 11 is 0. The topological polar surface area (TPSA) is 28.7 Å². The quantitative estimate of drug-likeness (QED) is 0.528. The molecule has 4 rings (SSSR count). The number of rotatable bonds is 1. The molecule has 0 unspecified atom stereocenters. The number of benzene rings is 3. The Hall–Kier alpha value is -2.61. The van der Waals surface area contributed by atoms with Gasteiger partial charge >= 0.3 is 0 Å². The van der Waals surface area contributed by atoms with Crippen LogP contribution in [-0.4, -0.2) is 9.97 Å². The molecule has 3 aromatic carbocycles. The van der Waals surface area contributed by atoms with E-state index < -0.39 is 0 Å². The maximum Gasteiger partial charge on any atom is 0.138 e. The summed E-state index contributed by atoms with van der Waals surface area (Å²) in [7, 11) is 0. The minimum atomic E-state index is 0.923. The third-order valence-corrected chi connectivity index (χ3v) is 3.41. The maximum absolute atomic E-state index is 4.63. The zero-order chi connectivity index (χ0) is 12.7. The van der Waals surface area contributed by atoms with E-state index in [9.17, 15) is 0 Å². The smallest absolute Gasteiger partial charge is 0.138 e. The number of nitrogens with zero attached hydrogens (tertiary/aromatic N) is 1. The highest BCUT2D eigenvalue weighted by Gasteiger charge is 2.05. The fourth-order valence-electron chi connectivity index (χ4n) is 2.43. The summed E-state index contributed by atoms with van der Waals surface area (Å²) in [5.74, 6) is 0.923. The van der Waals surface area contributed by atoms with Crippen LogP contribution in [-0.2, 0) is 0 Å². The molecular weight excluding hydrogens is 232 g/mol.